The van der Waals surface area contributed by atoms with E-state index in [1.54, 1.807) is 6.08 Å². The largest absolute Gasteiger partial charge is 0.334 e. The van der Waals surface area contributed by atoms with Crippen LogP contribution in [0.1, 0.15) is 63.4 Å². The summed E-state index contributed by atoms with van der Waals surface area (Å²) >= 11 is 2.10. The molecule has 1 aliphatic carbocycles. The minimum Gasteiger partial charge on any atom is -0.334 e. The van der Waals surface area contributed by atoms with E-state index in [2.05, 4.69) is 18.3 Å². The number of rotatable bonds is 7. The van der Waals surface area contributed by atoms with E-state index < -0.39 is 0 Å². The summed E-state index contributed by atoms with van der Waals surface area (Å²) in [6.45, 7) is 5.38. The number of carbonyl (C=O) groups is 1. The lowest BCUT2D eigenvalue weighted by molar-refractivity contribution is -0.125. The van der Waals surface area contributed by atoms with Crippen LogP contribution in [-0.4, -0.2) is 34.9 Å². The van der Waals surface area contributed by atoms with Crippen molar-refractivity contribution in [3.05, 3.63) is 54.6 Å². The van der Waals surface area contributed by atoms with Crippen molar-refractivity contribution in [3.8, 4) is 0 Å². The average Bonchev–Trinajstić information content (AvgIpc) is 3.24. The van der Waals surface area contributed by atoms with Crippen molar-refractivity contribution in [1.82, 2.24) is 4.90 Å². The molecule has 2 nitrogen and oxygen atoms in total. The topological polar surface area (TPSA) is 20.3 Å². The number of benzene rings is 1. The quantitative estimate of drug-likeness (QED) is 0.373. The molecule has 1 aromatic carbocycles. The molecule has 29 heavy (non-hydrogen) atoms. The molecule has 0 spiro atoms. The monoisotopic (exact) mass is 411 g/mol. The molecule has 0 radical (unpaired) electrons. The number of hydrogen-bond donors (Lipinski definition) is 0. The molecule has 1 heterocycles. The van der Waals surface area contributed by atoms with Gasteiger partial charge in [-0.1, -0.05) is 87.8 Å². The second-order valence-corrected chi connectivity index (χ2v) is 9.94. The first kappa shape index (κ1) is 22.2. The Labute approximate surface area is 181 Å². The van der Waals surface area contributed by atoms with Crippen LogP contribution in [-0.2, 0) is 4.79 Å². The van der Waals surface area contributed by atoms with Crippen molar-refractivity contribution in [1.29, 1.82) is 0 Å². The van der Waals surface area contributed by atoms with Gasteiger partial charge in [0.2, 0.25) is 5.91 Å². The van der Waals surface area contributed by atoms with Crippen LogP contribution in [0, 0.1) is 11.8 Å². The third-order valence-corrected chi connectivity index (χ3v) is 7.94. The van der Waals surface area contributed by atoms with Crippen LogP contribution < -0.4 is 0 Å². The highest BCUT2D eigenvalue weighted by atomic mass is 32.2. The second-order valence-electron chi connectivity index (χ2n) is 8.60. The standard InChI is InChI=1S/C26H37NOS/c1-2-19-27(26(28)17-16-22-12-8-7-9-13-22)21-25-24(18-20-29-25)23-14-10-5-3-4-6-11-15-23/h2,7-9,12-13,16-17,23-25H,1,3-6,10-11,14-15,18-21H2/b17-16+. The highest BCUT2D eigenvalue weighted by molar-refractivity contribution is 8.00. The minimum atomic E-state index is 0.106. The second kappa shape index (κ2) is 12.3. The number of carbonyl (C=O) groups excluding carboxylic acids is 1. The van der Waals surface area contributed by atoms with Crippen LogP contribution in [0.3, 0.4) is 0 Å². The molecule has 0 N–H and O–H groups in total. The first-order valence-electron chi connectivity index (χ1n) is 11.5. The molecule has 0 aromatic heterocycles. The molecule has 0 bridgehead atoms. The van der Waals surface area contributed by atoms with E-state index in [0.717, 1.165) is 23.9 Å². The molecule has 1 aromatic rings. The zero-order valence-electron chi connectivity index (χ0n) is 17.8. The Morgan fingerprint density at radius 2 is 1.72 bits per heavy atom. The SMILES string of the molecule is C=CCN(CC1SCCC1C1CCCCCCCC1)C(=O)/C=C/c1ccccc1. The molecule has 1 aliphatic heterocycles. The summed E-state index contributed by atoms with van der Waals surface area (Å²) in [6.07, 6.45) is 18.1. The predicted molar refractivity (Wildman–Crippen MR) is 127 cm³/mol. The summed E-state index contributed by atoms with van der Waals surface area (Å²) in [4.78, 5) is 14.9. The highest BCUT2D eigenvalue weighted by Gasteiger charge is 2.35. The van der Waals surface area contributed by atoms with Crippen molar-refractivity contribution in [3.63, 3.8) is 0 Å². The Morgan fingerprint density at radius 3 is 2.41 bits per heavy atom. The molecule has 2 unspecified atom stereocenters. The van der Waals surface area contributed by atoms with Crippen LogP contribution in [0.25, 0.3) is 6.08 Å². The highest BCUT2D eigenvalue weighted by Crippen LogP contribution is 2.42. The Hall–Kier alpha value is -1.48. The van der Waals surface area contributed by atoms with Gasteiger partial charge < -0.3 is 4.90 Å². The van der Waals surface area contributed by atoms with Crippen LogP contribution in [0.15, 0.2) is 49.1 Å². The van der Waals surface area contributed by atoms with Crippen molar-refractivity contribution >= 4 is 23.7 Å². The zero-order valence-corrected chi connectivity index (χ0v) is 18.6. The fraction of sp³-hybridized carbons (Fsp3) is 0.577. The maximum atomic E-state index is 12.9. The van der Waals surface area contributed by atoms with Gasteiger partial charge in [-0.25, -0.2) is 0 Å². The molecule has 2 atom stereocenters. The fourth-order valence-electron chi connectivity index (χ4n) is 4.95. The first-order valence-corrected chi connectivity index (χ1v) is 12.6. The summed E-state index contributed by atoms with van der Waals surface area (Å²) in [6, 6.07) is 10.1. The van der Waals surface area contributed by atoms with Crippen molar-refractivity contribution in [2.45, 2.75) is 63.0 Å². The van der Waals surface area contributed by atoms with Crippen molar-refractivity contribution in [2.75, 3.05) is 18.8 Å². The van der Waals surface area contributed by atoms with Crippen LogP contribution >= 0.6 is 11.8 Å². The zero-order chi connectivity index (χ0) is 20.3. The number of amides is 1. The van der Waals surface area contributed by atoms with Gasteiger partial charge >= 0.3 is 0 Å². The lowest BCUT2D eigenvalue weighted by Crippen LogP contribution is -2.38. The molecule has 1 amide bonds. The lowest BCUT2D eigenvalue weighted by atomic mass is 9.80. The van der Waals surface area contributed by atoms with Gasteiger partial charge in [0.15, 0.2) is 0 Å². The summed E-state index contributed by atoms with van der Waals surface area (Å²) in [5.74, 6) is 2.99. The summed E-state index contributed by atoms with van der Waals surface area (Å²) in [5, 5.41) is 0.578. The predicted octanol–water partition coefficient (Wildman–Crippen LogP) is 6.59. The van der Waals surface area contributed by atoms with Crippen molar-refractivity contribution in [2.24, 2.45) is 11.8 Å². The van der Waals surface area contributed by atoms with Crippen LogP contribution in [0.4, 0.5) is 0 Å². The minimum absolute atomic E-state index is 0.106. The van der Waals surface area contributed by atoms with Gasteiger partial charge in [-0.15, -0.1) is 6.58 Å². The Balaban J connectivity index is 1.62. The van der Waals surface area contributed by atoms with Gasteiger partial charge in [-0.05, 0) is 35.6 Å². The number of thioether (sulfide) groups is 1. The Morgan fingerprint density at radius 1 is 1.03 bits per heavy atom. The molecule has 2 fully saturated rings. The Kier molecular flexibility index (Phi) is 9.40. The fourth-order valence-corrected chi connectivity index (χ4v) is 6.55. The third-order valence-electron chi connectivity index (χ3n) is 6.55. The molecule has 3 heteroatoms. The molecule has 3 rings (SSSR count). The summed E-state index contributed by atoms with van der Waals surface area (Å²) < 4.78 is 0. The van der Waals surface area contributed by atoms with Gasteiger partial charge in [0, 0.05) is 24.4 Å². The normalized spacial score (nSPS) is 24.0. The van der Waals surface area contributed by atoms with Gasteiger partial charge in [0.25, 0.3) is 0 Å². The summed E-state index contributed by atoms with van der Waals surface area (Å²) in [5.41, 5.74) is 1.07. The van der Waals surface area contributed by atoms with Gasteiger partial charge in [-0.3, -0.25) is 4.79 Å². The lowest BCUT2D eigenvalue weighted by Gasteiger charge is -2.31. The van der Waals surface area contributed by atoms with Crippen molar-refractivity contribution < 1.29 is 4.79 Å². The van der Waals surface area contributed by atoms with Gasteiger partial charge in [0.1, 0.15) is 0 Å². The maximum Gasteiger partial charge on any atom is 0.246 e. The molecular weight excluding hydrogens is 374 g/mol. The van der Waals surface area contributed by atoms with E-state index in [4.69, 9.17) is 0 Å². The molecule has 2 aliphatic rings. The third kappa shape index (κ3) is 7.06. The van der Waals surface area contributed by atoms with E-state index in [0.29, 0.717) is 11.8 Å². The molecular formula is C26H37NOS. The first-order chi connectivity index (χ1) is 14.3. The molecule has 1 saturated carbocycles. The number of nitrogens with zero attached hydrogens (tertiary/aromatic N) is 1. The van der Waals surface area contributed by atoms with E-state index in [9.17, 15) is 4.79 Å². The maximum absolute atomic E-state index is 12.9. The summed E-state index contributed by atoms with van der Waals surface area (Å²) in [7, 11) is 0. The van der Waals surface area contributed by atoms with E-state index in [1.165, 1.54) is 63.5 Å². The average molecular weight is 412 g/mol. The molecule has 1 saturated heterocycles. The van der Waals surface area contributed by atoms with Crippen LogP contribution in [0.2, 0.25) is 0 Å². The van der Waals surface area contributed by atoms with Gasteiger partial charge in [-0.2, -0.15) is 11.8 Å². The number of hydrogen-bond acceptors (Lipinski definition) is 2. The van der Waals surface area contributed by atoms with Crippen LogP contribution in [0.5, 0.6) is 0 Å². The van der Waals surface area contributed by atoms with E-state index in [-0.39, 0.29) is 5.91 Å². The smallest absolute Gasteiger partial charge is 0.246 e. The van der Waals surface area contributed by atoms with Gasteiger partial charge in [0.05, 0.1) is 0 Å². The van der Waals surface area contributed by atoms with E-state index >= 15 is 0 Å². The Bertz CT molecular complexity index is 646. The molecule has 158 valence electrons. The van der Waals surface area contributed by atoms with E-state index in [1.807, 2.05) is 47.4 Å².